The molecular formula is C57H60O9. The highest BCUT2D eigenvalue weighted by Gasteiger charge is 2.23. The lowest BCUT2D eigenvalue weighted by molar-refractivity contribution is 0.444. The Balaban J connectivity index is 1.19. The first-order valence-electron chi connectivity index (χ1n) is 22.2. The van der Waals surface area contributed by atoms with Crippen molar-refractivity contribution in [2.75, 3.05) is 0 Å². The molecule has 0 saturated heterocycles. The van der Waals surface area contributed by atoms with E-state index in [1.54, 1.807) is 12.1 Å². The first-order chi connectivity index (χ1) is 31.1. The Morgan fingerprint density at radius 2 is 0.545 bits per heavy atom. The first kappa shape index (κ1) is 46.7. The van der Waals surface area contributed by atoms with Crippen LogP contribution >= 0.6 is 0 Å². The Morgan fingerprint density at radius 3 is 0.833 bits per heavy atom. The van der Waals surface area contributed by atoms with Crippen molar-refractivity contribution in [3.05, 3.63) is 190 Å². The van der Waals surface area contributed by atoms with E-state index in [0.29, 0.717) is 70.2 Å². The molecule has 9 nitrogen and oxygen atoms in total. The van der Waals surface area contributed by atoms with E-state index >= 15 is 0 Å². The molecule has 0 radical (unpaired) electrons. The summed E-state index contributed by atoms with van der Waals surface area (Å²) in [5.41, 5.74) is 16.3. The van der Waals surface area contributed by atoms with Crippen LogP contribution < -0.4 is 0 Å². The van der Waals surface area contributed by atoms with Gasteiger partial charge >= 0.3 is 0 Å². The second kappa shape index (κ2) is 18.3. The molecular weight excluding hydrogens is 829 g/mol. The third-order valence-corrected chi connectivity index (χ3v) is 13.7. The van der Waals surface area contributed by atoms with Gasteiger partial charge in [-0.2, -0.15) is 0 Å². The second-order valence-electron chi connectivity index (χ2n) is 18.3. The summed E-state index contributed by atoms with van der Waals surface area (Å²) in [5.74, 6) is 0.599. The van der Waals surface area contributed by atoms with Crippen molar-refractivity contribution in [2.24, 2.45) is 0 Å². The maximum absolute atomic E-state index is 12.0. The van der Waals surface area contributed by atoms with Crippen LogP contribution in [-0.4, -0.2) is 46.0 Å². The Kier molecular flexibility index (Phi) is 13.0. The van der Waals surface area contributed by atoms with E-state index in [9.17, 15) is 46.0 Å². The third-order valence-electron chi connectivity index (χ3n) is 13.7. The van der Waals surface area contributed by atoms with Gasteiger partial charge in [-0.3, -0.25) is 0 Å². The van der Waals surface area contributed by atoms with Crippen LogP contribution in [0.3, 0.4) is 0 Å². The van der Waals surface area contributed by atoms with Gasteiger partial charge < -0.3 is 46.0 Å². The molecule has 7 aromatic rings. The van der Waals surface area contributed by atoms with Gasteiger partial charge in [0.2, 0.25) is 0 Å². The van der Waals surface area contributed by atoms with Gasteiger partial charge in [0.25, 0.3) is 0 Å². The molecule has 7 rings (SSSR count). The Hall–Kier alpha value is -7.26. The number of phenolic OH excluding ortho intramolecular Hbond substituents is 9. The zero-order valence-electron chi connectivity index (χ0n) is 39.2. The van der Waals surface area contributed by atoms with Crippen molar-refractivity contribution in [1.29, 1.82) is 0 Å². The van der Waals surface area contributed by atoms with Crippen molar-refractivity contribution in [1.82, 2.24) is 0 Å². The van der Waals surface area contributed by atoms with Crippen LogP contribution in [0.25, 0.3) is 0 Å². The number of hydrogen-bond donors (Lipinski definition) is 9. The SMILES string of the molecule is Cc1cc(Cc2cc(C)c(O)c(Cc3cc(C)c(O)c(Cc4ccc(O)cc4O)c3C)c2C)c(O)c(Cc2cc(C)c(O)c(Cc3cc(C)c(O)c(Cc4ccc(O)cc4O)c3C)c2C)c1. The molecule has 66 heavy (non-hydrogen) atoms. The first-order valence-corrected chi connectivity index (χ1v) is 22.2. The second-order valence-corrected chi connectivity index (χ2v) is 18.3. The van der Waals surface area contributed by atoms with E-state index < -0.39 is 0 Å². The topological polar surface area (TPSA) is 182 Å². The molecule has 0 aliphatic heterocycles. The predicted octanol–water partition coefficient (Wildman–Crippen LogP) is 11.4. The Bertz CT molecular complexity index is 2870. The predicted molar refractivity (Wildman–Crippen MR) is 260 cm³/mol. The zero-order chi connectivity index (χ0) is 48.0. The lowest BCUT2D eigenvalue weighted by atomic mass is 9.85. The van der Waals surface area contributed by atoms with E-state index in [2.05, 4.69) is 0 Å². The molecule has 7 aromatic carbocycles. The minimum absolute atomic E-state index is 0.0498. The van der Waals surface area contributed by atoms with Crippen molar-refractivity contribution in [3.63, 3.8) is 0 Å². The molecule has 342 valence electrons. The average molecular weight is 889 g/mol. The molecule has 0 saturated carbocycles. The summed E-state index contributed by atoms with van der Waals surface area (Å²) in [5, 5.41) is 98.2. The zero-order valence-corrected chi connectivity index (χ0v) is 39.2. The van der Waals surface area contributed by atoms with Crippen LogP contribution in [0.15, 0.2) is 72.8 Å². The summed E-state index contributed by atoms with van der Waals surface area (Å²) in [6.45, 7) is 17.2. The molecule has 0 aliphatic carbocycles. The molecule has 0 spiro atoms. The number of rotatable bonds is 12. The summed E-state index contributed by atoms with van der Waals surface area (Å²) in [6, 6.07) is 20.6. The smallest absolute Gasteiger partial charge is 0.122 e. The maximum atomic E-state index is 12.0. The summed E-state index contributed by atoms with van der Waals surface area (Å²) in [4.78, 5) is 0. The number of aryl methyl sites for hydroxylation is 5. The van der Waals surface area contributed by atoms with Gasteiger partial charge in [-0.05, 0) is 163 Å². The van der Waals surface area contributed by atoms with Crippen LogP contribution in [0.2, 0.25) is 0 Å². The highest BCUT2D eigenvalue weighted by atomic mass is 16.3. The van der Waals surface area contributed by atoms with E-state index in [-0.39, 0.29) is 64.6 Å². The summed E-state index contributed by atoms with van der Waals surface area (Å²) in [7, 11) is 0. The Morgan fingerprint density at radius 1 is 0.273 bits per heavy atom. The summed E-state index contributed by atoms with van der Waals surface area (Å²) in [6.07, 6.45) is 2.07. The highest BCUT2D eigenvalue weighted by Crippen LogP contribution is 2.41. The fraction of sp³-hybridized carbons (Fsp3) is 0.263. The molecule has 0 heterocycles. The monoisotopic (exact) mass is 888 g/mol. The number of phenols is 9. The summed E-state index contributed by atoms with van der Waals surface area (Å²) < 4.78 is 0. The van der Waals surface area contributed by atoms with Gasteiger partial charge in [0.15, 0.2) is 0 Å². The highest BCUT2D eigenvalue weighted by molar-refractivity contribution is 5.60. The fourth-order valence-electron chi connectivity index (χ4n) is 9.57. The minimum Gasteiger partial charge on any atom is -0.508 e. The van der Waals surface area contributed by atoms with E-state index in [4.69, 9.17) is 0 Å². The van der Waals surface area contributed by atoms with Gasteiger partial charge in [0.1, 0.15) is 51.7 Å². The van der Waals surface area contributed by atoms with Gasteiger partial charge in [0.05, 0.1) is 0 Å². The van der Waals surface area contributed by atoms with Crippen LogP contribution in [0, 0.1) is 62.3 Å². The molecule has 0 amide bonds. The maximum Gasteiger partial charge on any atom is 0.122 e. The third kappa shape index (κ3) is 9.16. The minimum atomic E-state index is -0.0633. The molecule has 9 heteroatoms. The van der Waals surface area contributed by atoms with Crippen LogP contribution in [0.4, 0.5) is 0 Å². The largest absolute Gasteiger partial charge is 0.508 e. The van der Waals surface area contributed by atoms with Crippen LogP contribution in [0.5, 0.6) is 51.7 Å². The quantitative estimate of drug-likeness (QED) is 0.0577. The number of benzene rings is 7. The van der Waals surface area contributed by atoms with Gasteiger partial charge in [0, 0.05) is 72.9 Å². The van der Waals surface area contributed by atoms with Crippen molar-refractivity contribution >= 4 is 0 Å². The summed E-state index contributed by atoms with van der Waals surface area (Å²) >= 11 is 0. The van der Waals surface area contributed by atoms with E-state index in [1.165, 1.54) is 24.3 Å². The molecule has 9 N–H and O–H groups in total. The molecule has 0 fully saturated rings. The molecule has 0 atom stereocenters. The fourth-order valence-corrected chi connectivity index (χ4v) is 9.57. The van der Waals surface area contributed by atoms with Crippen molar-refractivity contribution in [3.8, 4) is 51.7 Å². The lowest BCUT2D eigenvalue weighted by Crippen LogP contribution is -2.06. The van der Waals surface area contributed by atoms with Gasteiger partial charge in [-0.15, -0.1) is 0 Å². The molecule has 0 unspecified atom stereocenters. The number of hydrogen-bond acceptors (Lipinski definition) is 9. The van der Waals surface area contributed by atoms with E-state index in [0.717, 1.165) is 72.3 Å². The van der Waals surface area contributed by atoms with Gasteiger partial charge in [-0.1, -0.05) is 54.1 Å². The normalized spacial score (nSPS) is 11.4. The number of aromatic hydroxyl groups is 9. The van der Waals surface area contributed by atoms with E-state index in [1.807, 2.05) is 98.7 Å². The molecule has 0 aliphatic rings. The van der Waals surface area contributed by atoms with Crippen LogP contribution in [-0.2, 0) is 38.5 Å². The van der Waals surface area contributed by atoms with Gasteiger partial charge in [-0.25, -0.2) is 0 Å². The molecule has 0 aromatic heterocycles. The van der Waals surface area contributed by atoms with Crippen LogP contribution in [0.1, 0.15) is 117 Å². The van der Waals surface area contributed by atoms with Crippen molar-refractivity contribution in [2.45, 2.75) is 101 Å². The molecule has 0 bridgehead atoms. The lowest BCUT2D eigenvalue weighted by Gasteiger charge is -2.21. The standard InChI is InChI=1S/C57H60O9/c1-28-14-43(20-39-16-29(2)55(64)49(33(39)6)24-41-18-31(4)53(62)47(35(41)8)22-37-10-12-45(58)26-51(37)60)57(66)44(15-28)21-40-17-30(3)56(65)50(34(40)7)25-42-19-32(5)54(63)48(36(42)9)23-38-11-13-46(59)27-52(38)61/h10-19,26-27,58-66H,20-25H2,1-9H3. The Labute approximate surface area is 386 Å². The average Bonchev–Trinajstić information content (AvgIpc) is 3.25. The van der Waals surface area contributed by atoms with Crippen molar-refractivity contribution < 1.29 is 46.0 Å².